The third-order valence-electron chi connectivity index (χ3n) is 5.43. The highest BCUT2D eigenvalue weighted by Gasteiger charge is 2.17. The van der Waals surface area contributed by atoms with Crippen molar-refractivity contribution in [2.45, 2.75) is 58.0 Å². The van der Waals surface area contributed by atoms with Gasteiger partial charge in [-0.05, 0) is 44.0 Å². The van der Waals surface area contributed by atoms with Crippen molar-refractivity contribution in [1.82, 2.24) is 15.5 Å². The Balaban J connectivity index is 0.00000450. The van der Waals surface area contributed by atoms with Crippen LogP contribution in [0.5, 0.6) is 5.75 Å². The van der Waals surface area contributed by atoms with Crippen LogP contribution in [0.25, 0.3) is 0 Å². The Hall–Kier alpha value is -1.06. The largest absolute Gasteiger partial charge is 0.492 e. The van der Waals surface area contributed by atoms with Gasteiger partial charge in [0.15, 0.2) is 5.96 Å². The van der Waals surface area contributed by atoms with Crippen molar-refractivity contribution in [1.29, 1.82) is 0 Å². The average molecular weight is 533 g/mol. The summed E-state index contributed by atoms with van der Waals surface area (Å²) >= 11 is 0. The first kappa shape index (κ1) is 27.0. The zero-order valence-corrected chi connectivity index (χ0v) is 21.3. The van der Waals surface area contributed by atoms with E-state index in [2.05, 4.69) is 52.7 Å². The van der Waals surface area contributed by atoms with Crippen molar-refractivity contribution in [3.63, 3.8) is 0 Å². The number of nitrogens with one attached hydrogen (secondary N) is 2. The summed E-state index contributed by atoms with van der Waals surface area (Å²) in [5.41, 5.74) is 1.19. The number of aliphatic imine (C=N–C) groups is 1. The third kappa shape index (κ3) is 10.8. The second-order valence-corrected chi connectivity index (χ2v) is 7.73. The summed E-state index contributed by atoms with van der Waals surface area (Å²) in [5, 5.41) is 6.77. The topological polar surface area (TPSA) is 58.1 Å². The fourth-order valence-corrected chi connectivity index (χ4v) is 3.53. The lowest BCUT2D eigenvalue weighted by atomic mass is 10.1. The van der Waals surface area contributed by atoms with Crippen molar-refractivity contribution < 1.29 is 9.47 Å². The lowest BCUT2D eigenvalue weighted by Crippen LogP contribution is -2.38. The summed E-state index contributed by atoms with van der Waals surface area (Å²) in [5.74, 6) is 1.78. The number of benzene rings is 1. The molecule has 0 radical (unpaired) electrons. The molecule has 1 aromatic carbocycles. The fourth-order valence-electron chi connectivity index (χ4n) is 3.53. The molecule has 0 amide bonds. The monoisotopic (exact) mass is 532 g/mol. The second kappa shape index (κ2) is 16.6. The highest BCUT2D eigenvalue weighted by molar-refractivity contribution is 14.0. The molecule has 1 aromatic rings. The van der Waals surface area contributed by atoms with Gasteiger partial charge in [0.1, 0.15) is 12.4 Å². The van der Waals surface area contributed by atoms with E-state index < -0.39 is 0 Å². The first-order chi connectivity index (χ1) is 14.2. The molecule has 0 atom stereocenters. The average Bonchev–Trinajstić information content (AvgIpc) is 2.76. The summed E-state index contributed by atoms with van der Waals surface area (Å²) < 4.78 is 11.4. The van der Waals surface area contributed by atoms with Gasteiger partial charge in [0.05, 0.1) is 0 Å². The van der Waals surface area contributed by atoms with Crippen molar-refractivity contribution >= 4 is 29.9 Å². The van der Waals surface area contributed by atoms with Crippen molar-refractivity contribution in [3.05, 3.63) is 29.8 Å². The van der Waals surface area contributed by atoms with E-state index >= 15 is 0 Å². The van der Waals surface area contributed by atoms with Crippen LogP contribution in [-0.4, -0.2) is 63.9 Å². The molecule has 1 saturated heterocycles. The van der Waals surface area contributed by atoms with Gasteiger partial charge in [-0.1, -0.05) is 38.3 Å². The standard InChI is InChI=1S/C23H40N4O2.HI/c1-4-5-6-7-13-25-23(24-2)26-19-20-9-8-10-22(18-20)29-17-14-27(3)21-11-15-28-16-12-21;/h8-10,18,21H,4-7,11-17,19H2,1-3H3,(H2,24,25,26);1H. The van der Waals surface area contributed by atoms with E-state index in [0.717, 1.165) is 57.4 Å². The Morgan fingerprint density at radius 1 is 1.20 bits per heavy atom. The summed E-state index contributed by atoms with van der Waals surface area (Å²) in [6.07, 6.45) is 7.24. The van der Waals surface area contributed by atoms with Crippen LogP contribution >= 0.6 is 24.0 Å². The molecular weight excluding hydrogens is 491 g/mol. The highest BCUT2D eigenvalue weighted by atomic mass is 127. The van der Waals surface area contributed by atoms with Crippen molar-refractivity contribution in [3.8, 4) is 5.75 Å². The first-order valence-corrected chi connectivity index (χ1v) is 11.2. The van der Waals surface area contributed by atoms with Crippen LogP contribution in [0.15, 0.2) is 29.3 Å². The van der Waals surface area contributed by atoms with Crippen LogP contribution in [0.2, 0.25) is 0 Å². The van der Waals surface area contributed by atoms with Gasteiger partial charge in [0, 0.05) is 45.9 Å². The zero-order valence-electron chi connectivity index (χ0n) is 19.0. The quantitative estimate of drug-likeness (QED) is 0.184. The number of hydrogen-bond donors (Lipinski definition) is 2. The summed E-state index contributed by atoms with van der Waals surface area (Å²) in [6, 6.07) is 8.91. The molecule has 0 spiro atoms. The van der Waals surface area contributed by atoms with Gasteiger partial charge in [-0.3, -0.25) is 9.89 Å². The maximum Gasteiger partial charge on any atom is 0.191 e. The number of unbranched alkanes of at least 4 members (excludes halogenated alkanes) is 3. The molecule has 1 heterocycles. The maximum atomic E-state index is 6.00. The predicted octanol–water partition coefficient (Wildman–Crippen LogP) is 4.04. The lowest BCUT2D eigenvalue weighted by Gasteiger charge is -2.31. The van der Waals surface area contributed by atoms with Gasteiger partial charge in [0.2, 0.25) is 0 Å². The minimum absolute atomic E-state index is 0. The molecule has 172 valence electrons. The summed E-state index contributed by atoms with van der Waals surface area (Å²) in [6.45, 7) is 7.31. The van der Waals surface area contributed by atoms with E-state index in [4.69, 9.17) is 9.47 Å². The number of nitrogens with zero attached hydrogens (tertiary/aromatic N) is 2. The molecule has 0 aliphatic carbocycles. The molecule has 0 unspecified atom stereocenters. The van der Waals surface area contributed by atoms with Crippen molar-refractivity contribution in [2.75, 3.05) is 47.0 Å². The molecule has 6 nitrogen and oxygen atoms in total. The van der Waals surface area contributed by atoms with E-state index in [1.807, 2.05) is 13.1 Å². The molecule has 7 heteroatoms. The van der Waals surface area contributed by atoms with Crippen LogP contribution < -0.4 is 15.4 Å². The SMILES string of the molecule is CCCCCCNC(=NC)NCc1cccc(OCCN(C)C2CCOCC2)c1.I. The molecule has 0 bridgehead atoms. The van der Waals surface area contributed by atoms with Gasteiger partial charge in [-0.15, -0.1) is 24.0 Å². The number of ether oxygens (including phenoxy) is 2. The first-order valence-electron chi connectivity index (χ1n) is 11.2. The van der Waals surface area contributed by atoms with Crippen molar-refractivity contribution in [2.24, 2.45) is 4.99 Å². The molecule has 1 aliphatic rings. The van der Waals surface area contributed by atoms with Gasteiger partial charge in [0.25, 0.3) is 0 Å². The number of likely N-dealkylation sites (N-methyl/N-ethyl adjacent to an activating group) is 1. The van der Waals surface area contributed by atoms with Gasteiger partial charge < -0.3 is 20.1 Å². The van der Waals surface area contributed by atoms with E-state index in [-0.39, 0.29) is 24.0 Å². The van der Waals surface area contributed by atoms with E-state index in [0.29, 0.717) is 12.6 Å². The molecule has 2 rings (SSSR count). The molecular formula is C23H41IN4O2. The Kier molecular flexibility index (Phi) is 14.9. The fraction of sp³-hybridized carbons (Fsp3) is 0.696. The van der Waals surface area contributed by atoms with Gasteiger partial charge >= 0.3 is 0 Å². The van der Waals surface area contributed by atoms with Crippen LogP contribution in [0.3, 0.4) is 0 Å². The number of guanidine groups is 1. The Labute approximate surface area is 200 Å². The second-order valence-electron chi connectivity index (χ2n) is 7.73. The normalized spacial score (nSPS) is 15.0. The Bertz CT molecular complexity index is 594. The molecule has 0 aromatic heterocycles. The van der Waals surface area contributed by atoms with Crippen LogP contribution in [0.1, 0.15) is 51.0 Å². The third-order valence-corrected chi connectivity index (χ3v) is 5.43. The molecule has 0 saturated carbocycles. The molecule has 1 aliphatic heterocycles. The lowest BCUT2D eigenvalue weighted by molar-refractivity contribution is 0.0392. The number of rotatable bonds is 12. The van der Waals surface area contributed by atoms with Gasteiger partial charge in [-0.25, -0.2) is 0 Å². The molecule has 30 heavy (non-hydrogen) atoms. The minimum Gasteiger partial charge on any atom is -0.492 e. The van der Waals surface area contributed by atoms with Crippen LogP contribution in [0, 0.1) is 0 Å². The van der Waals surface area contributed by atoms with E-state index in [1.165, 1.54) is 31.2 Å². The number of halogens is 1. The van der Waals surface area contributed by atoms with Crippen LogP contribution in [0.4, 0.5) is 0 Å². The zero-order chi connectivity index (χ0) is 20.7. The minimum atomic E-state index is 0. The van der Waals surface area contributed by atoms with E-state index in [1.54, 1.807) is 0 Å². The summed E-state index contributed by atoms with van der Waals surface area (Å²) in [4.78, 5) is 6.70. The Morgan fingerprint density at radius 2 is 2.00 bits per heavy atom. The molecule has 2 N–H and O–H groups in total. The molecule has 1 fully saturated rings. The highest BCUT2D eigenvalue weighted by Crippen LogP contribution is 2.15. The predicted molar refractivity (Wildman–Crippen MR) is 136 cm³/mol. The van der Waals surface area contributed by atoms with E-state index in [9.17, 15) is 0 Å². The number of hydrogen-bond acceptors (Lipinski definition) is 4. The smallest absolute Gasteiger partial charge is 0.191 e. The maximum absolute atomic E-state index is 6.00. The Morgan fingerprint density at radius 3 is 2.73 bits per heavy atom. The van der Waals surface area contributed by atoms with Crippen LogP contribution in [-0.2, 0) is 11.3 Å². The summed E-state index contributed by atoms with van der Waals surface area (Å²) in [7, 11) is 4.00. The van der Waals surface area contributed by atoms with Gasteiger partial charge in [-0.2, -0.15) is 0 Å².